The summed E-state index contributed by atoms with van der Waals surface area (Å²) in [5.74, 6) is 5.08. The molecule has 1 aromatic heterocycles. The molecule has 0 unspecified atom stereocenters. The zero-order valence-electron chi connectivity index (χ0n) is 12.1. The topological polar surface area (TPSA) is 65.5 Å². The third-order valence-corrected chi connectivity index (χ3v) is 3.49. The zero-order valence-corrected chi connectivity index (χ0v) is 12.1. The molecule has 2 N–H and O–H groups in total. The van der Waals surface area contributed by atoms with Crippen LogP contribution in [0.1, 0.15) is 35.3 Å². The third kappa shape index (κ3) is 4.85. The Kier molecular flexibility index (Phi) is 6.20. The summed E-state index contributed by atoms with van der Waals surface area (Å²) in [4.78, 5) is 18.6. The number of nitrogens with zero attached hydrogens (tertiary/aromatic N) is 2. The molecule has 0 radical (unpaired) electrons. The van der Waals surface area contributed by atoms with Crippen molar-refractivity contribution in [3.05, 3.63) is 29.6 Å². The Labute approximate surface area is 125 Å². The van der Waals surface area contributed by atoms with Crippen LogP contribution in [0.4, 0.5) is 0 Å². The summed E-state index contributed by atoms with van der Waals surface area (Å²) < 4.78 is 0. The van der Waals surface area contributed by atoms with Crippen LogP contribution < -0.4 is 5.32 Å². The predicted molar refractivity (Wildman–Crippen MR) is 80.8 cm³/mol. The molecule has 0 atom stereocenters. The molecule has 1 saturated heterocycles. The van der Waals surface area contributed by atoms with Gasteiger partial charge < -0.3 is 15.3 Å². The summed E-state index contributed by atoms with van der Waals surface area (Å²) in [7, 11) is 0. The minimum absolute atomic E-state index is 0.213. The summed E-state index contributed by atoms with van der Waals surface area (Å²) in [5, 5.41) is 11.6. The second-order valence-electron chi connectivity index (χ2n) is 5.02. The standard InChI is InChI=1S/C16H21N3O2/c20-13-5-7-14-6-4-8-17-15(14)16(21)18-9-12-19-10-2-1-3-11-19/h4,6,8,20H,1-3,9-13H2,(H,18,21). The number of hydrogen-bond donors (Lipinski definition) is 2. The van der Waals surface area contributed by atoms with Gasteiger partial charge in [0, 0.05) is 19.3 Å². The monoisotopic (exact) mass is 287 g/mol. The Morgan fingerprint density at radius 2 is 2.19 bits per heavy atom. The number of aliphatic hydroxyl groups excluding tert-OH is 1. The van der Waals surface area contributed by atoms with Crippen LogP contribution in [0.15, 0.2) is 18.3 Å². The largest absolute Gasteiger partial charge is 0.384 e. The first-order valence-electron chi connectivity index (χ1n) is 7.36. The summed E-state index contributed by atoms with van der Waals surface area (Å²) in [6, 6.07) is 3.46. The number of amides is 1. The van der Waals surface area contributed by atoms with E-state index in [0.29, 0.717) is 17.8 Å². The van der Waals surface area contributed by atoms with E-state index in [1.165, 1.54) is 19.3 Å². The maximum Gasteiger partial charge on any atom is 0.271 e. The maximum absolute atomic E-state index is 12.1. The van der Waals surface area contributed by atoms with E-state index in [1.54, 1.807) is 18.3 Å². The Morgan fingerprint density at radius 3 is 2.95 bits per heavy atom. The minimum Gasteiger partial charge on any atom is -0.384 e. The predicted octanol–water partition coefficient (Wildman–Crippen LogP) is 0.641. The van der Waals surface area contributed by atoms with E-state index >= 15 is 0 Å². The Bertz CT molecular complexity index is 528. The molecule has 0 spiro atoms. The number of pyridine rings is 1. The van der Waals surface area contributed by atoms with Gasteiger partial charge in [-0.2, -0.15) is 0 Å². The lowest BCUT2D eigenvalue weighted by atomic mass is 10.1. The van der Waals surface area contributed by atoms with Crippen LogP contribution in [-0.4, -0.2) is 53.7 Å². The van der Waals surface area contributed by atoms with E-state index in [0.717, 1.165) is 19.6 Å². The van der Waals surface area contributed by atoms with Gasteiger partial charge in [0.1, 0.15) is 12.3 Å². The summed E-state index contributed by atoms with van der Waals surface area (Å²) >= 11 is 0. The van der Waals surface area contributed by atoms with Gasteiger partial charge in [0.25, 0.3) is 5.91 Å². The van der Waals surface area contributed by atoms with Gasteiger partial charge in [-0.3, -0.25) is 4.79 Å². The van der Waals surface area contributed by atoms with Gasteiger partial charge in [-0.1, -0.05) is 18.3 Å². The number of carbonyl (C=O) groups is 1. The molecule has 112 valence electrons. The van der Waals surface area contributed by atoms with E-state index in [4.69, 9.17) is 5.11 Å². The molecule has 0 saturated carbocycles. The maximum atomic E-state index is 12.1. The highest BCUT2D eigenvalue weighted by Crippen LogP contribution is 2.07. The van der Waals surface area contributed by atoms with Crippen LogP contribution in [0, 0.1) is 11.8 Å². The summed E-state index contributed by atoms with van der Waals surface area (Å²) in [5.41, 5.74) is 0.860. The van der Waals surface area contributed by atoms with Crippen molar-refractivity contribution in [1.82, 2.24) is 15.2 Å². The molecule has 1 fully saturated rings. The molecule has 1 aliphatic rings. The molecule has 21 heavy (non-hydrogen) atoms. The lowest BCUT2D eigenvalue weighted by Gasteiger charge is -2.26. The third-order valence-electron chi connectivity index (χ3n) is 3.49. The highest BCUT2D eigenvalue weighted by Gasteiger charge is 2.13. The minimum atomic E-state index is -0.231. The van der Waals surface area contributed by atoms with E-state index in [1.807, 2.05) is 0 Å². The Hall–Kier alpha value is -1.90. The molecule has 0 aliphatic carbocycles. The molecule has 0 bridgehead atoms. The zero-order chi connectivity index (χ0) is 14.9. The molecule has 2 heterocycles. The number of hydrogen-bond acceptors (Lipinski definition) is 4. The molecule has 1 aromatic rings. The van der Waals surface area contributed by atoms with Crippen LogP contribution in [-0.2, 0) is 0 Å². The summed E-state index contributed by atoms with van der Waals surface area (Å²) in [6.07, 6.45) is 5.37. The van der Waals surface area contributed by atoms with Crippen molar-refractivity contribution < 1.29 is 9.90 Å². The SMILES string of the molecule is O=C(NCCN1CCCCC1)c1ncccc1C#CCO. The van der Waals surface area contributed by atoms with Gasteiger partial charge in [0.2, 0.25) is 0 Å². The number of nitrogens with one attached hydrogen (secondary N) is 1. The highest BCUT2D eigenvalue weighted by atomic mass is 16.2. The fourth-order valence-corrected chi connectivity index (χ4v) is 2.42. The number of aromatic nitrogens is 1. The Balaban J connectivity index is 1.88. The molecule has 1 amide bonds. The van der Waals surface area contributed by atoms with Crippen molar-refractivity contribution >= 4 is 5.91 Å². The normalized spacial score (nSPS) is 15.1. The fourth-order valence-electron chi connectivity index (χ4n) is 2.42. The van der Waals surface area contributed by atoms with Crippen LogP contribution in [0.5, 0.6) is 0 Å². The number of carbonyl (C=O) groups excluding carboxylic acids is 1. The number of aliphatic hydroxyl groups is 1. The van der Waals surface area contributed by atoms with Gasteiger partial charge in [-0.25, -0.2) is 4.98 Å². The molecular formula is C16H21N3O2. The van der Waals surface area contributed by atoms with Gasteiger partial charge in [0.05, 0.1) is 5.56 Å². The van der Waals surface area contributed by atoms with Crippen LogP contribution >= 0.6 is 0 Å². The molecule has 2 rings (SSSR count). The lowest BCUT2D eigenvalue weighted by Crippen LogP contribution is -2.38. The van der Waals surface area contributed by atoms with E-state index in [2.05, 4.69) is 27.0 Å². The molecule has 5 heteroatoms. The van der Waals surface area contributed by atoms with Gasteiger partial charge >= 0.3 is 0 Å². The average Bonchev–Trinajstić information content (AvgIpc) is 2.54. The molecule has 5 nitrogen and oxygen atoms in total. The van der Waals surface area contributed by atoms with Gasteiger partial charge in [-0.05, 0) is 38.1 Å². The van der Waals surface area contributed by atoms with Crippen molar-refractivity contribution in [2.45, 2.75) is 19.3 Å². The number of piperidine rings is 1. The smallest absolute Gasteiger partial charge is 0.271 e. The summed E-state index contributed by atoms with van der Waals surface area (Å²) in [6.45, 7) is 3.49. The first kappa shape index (κ1) is 15.5. The van der Waals surface area contributed by atoms with Crippen molar-refractivity contribution in [2.24, 2.45) is 0 Å². The molecule has 1 aliphatic heterocycles. The Morgan fingerprint density at radius 1 is 1.38 bits per heavy atom. The highest BCUT2D eigenvalue weighted by molar-refractivity contribution is 5.94. The van der Waals surface area contributed by atoms with E-state index in [-0.39, 0.29) is 12.5 Å². The number of rotatable bonds is 4. The second kappa shape index (κ2) is 8.40. The first-order valence-corrected chi connectivity index (χ1v) is 7.36. The lowest BCUT2D eigenvalue weighted by molar-refractivity contribution is 0.0941. The second-order valence-corrected chi connectivity index (χ2v) is 5.02. The molecular weight excluding hydrogens is 266 g/mol. The van der Waals surface area contributed by atoms with E-state index in [9.17, 15) is 4.79 Å². The quantitative estimate of drug-likeness (QED) is 0.798. The molecule has 0 aromatic carbocycles. The first-order chi connectivity index (χ1) is 10.3. The van der Waals surface area contributed by atoms with Gasteiger partial charge in [-0.15, -0.1) is 0 Å². The number of likely N-dealkylation sites (tertiary alicyclic amines) is 1. The van der Waals surface area contributed by atoms with Crippen molar-refractivity contribution in [1.29, 1.82) is 0 Å². The van der Waals surface area contributed by atoms with Gasteiger partial charge in [0.15, 0.2) is 0 Å². The average molecular weight is 287 g/mol. The van der Waals surface area contributed by atoms with Crippen molar-refractivity contribution in [2.75, 3.05) is 32.8 Å². The van der Waals surface area contributed by atoms with Crippen LogP contribution in [0.3, 0.4) is 0 Å². The fraction of sp³-hybridized carbons (Fsp3) is 0.500. The van der Waals surface area contributed by atoms with Crippen LogP contribution in [0.25, 0.3) is 0 Å². The van der Waals surface area contributed by atoms with Crippen molar-refractivity contribution in [3.63, 3.8) is 0 Å². The van der Waals surface area contributed by atoms with Crippen LogP contribution in [0.2, 0.25) is 0 Å². The van der Waals surface area contributed by atoms with Crippen molar-refractivity contribution in [3.8, 4) is 11.8 Å². The van der Waals surface area contributed by atoms with E-state index < -0.39 is 0 Å².